The summed E-state index contributed by atoms with van der Waals surface area (Å²) in [7, 11) is 1.51. The second-order valence-corrected chi connectivity index (χ2v) is 14.1. The number of carbonyl (C=O) groups excluding carboxylic acids is 2. The molecule has 4 aromatic rings. The molecule has 1 aliphatic heterocycles. The number of rotatable bonds is 13. The summed E-state index contributed by atoms with van der Waals surface area (Å²) in [5.41, 5.74) is 4.11. The van der Waals surface area contributed by atoms with Crippen LogP contribution >= 0.6 is 11.6 Å². The molecule has 1 aliphatic rings. The maximum atomic E-state index is 15.4. The van der Waals surface area contributed by atoms with Crippen LogP contribution in [0.4, 0.5) is 20.7 Å². The topological polar surface area (TPSA) is 151 Å². The van der Waals surface area contributed by atoms with Crippen LogP contribution in [0, 0.1) is 12.7 Å². The zero-order valence-electron chi connectivity index (χ0n) is 30.2. The molecule has 14 heteroatoms. The van der Waals surface area contributed by atoms with Crippen LogP contribution in [-0.4, -0.2) is 74.9 Å². The molecule has 1 fully saturated rings. The van der Waals surface area contributed by atoms with Gasteiger partial charge in [0, 0.05) is 72.4 Å². The molecular weight excluding hydrogens is 689 g/mol. The highest BCUT2D eigenvalue weighted by atomic mass is 35.5. The van der Waals surface area contributed by atoms with Gasteiger partial charge in [0.15, 0.2) is 11.6 Å². The zero-order valence-corrected chi connectivity index (χ0v) is 31.0. The number of aliphatic hydroxyl groups excluding tert-OH is 1. The maximum Gasteiger partial charge on any atom is 0.410 e. The van der Waals surface area contributed by atoms with Gasteiger partial charge in [-0.05, 0) is 76.9 Å². The molecule has 0 spiro atoms. The SMILES string of the molecule is COc1nc(-c2ccnc(-c3cccc(Nc4nccc(CNC[C@H](C)O)c4F)c3C)c2Cl)ccc1CN(C[C@@H]1CCC(=O)N1)C(=O)OC(C)(C)C. The Bertz CT molecular complexity index is 1920. The fraction of sp³-hybridized carbons (Fsp3) is 0.395. The van der Waals surface area contributed by atoms with Crippen LogP contribution < -0.4 is 20.7 Å². The number of amides is 2. The number of hydrogen-bond donors (Lipinski definition) is 4. The number of aliphatic hydroxyl groups is 1. The van der Waals surface area contributed by atoms with E-state index >= 15 is 4.39 Å². The second kappa shape index (κ2) is 16.7. The van der Waals surface area contributed by atoms with E-state index in [2.05, 4.69) is 25.9 Å². The van der Waals surface area contributed by atoms with E-state index < -0.39 is 23.6 Å². The van der Waals surface area contributed by atoms with E-state index in [-0.39, 0.29) is 37.4 Å². The molecule has 0 unspecified atom stereocenters. The minimum atomic E-state index is -0.708. The number of nitrogens with zero attached hydrogens (tertiary/aromatic N) is 4. The molecule has 12 nitrogen and oxygen atoms in total. The number of pyridine rings is 3. The quantitative estimate of drug-likeness (QED) is 0.119. The average Bonchev–Trinajstić information content (AvgIpc) is 3.50. The molecule has 2 atom stereocenters. The van der Waals surface area contributed by atoms with Crippen molar-refractivity contribution in [1.29, 1.82) is 0 Å². The standard InChI is InChI=1S/C38H45ClFN7O5/c1-22(48)18-41-19-24-14-16-43-35(33(24)40)45-29-9-7-8-27(23(29)2)34-32(39)28(15-17-42-34)30-12-10-25(36(46-30)51-6)20-47(37(50)52-38(3,4)5)21-26-11-13-31(49)44-26/h7-10,12,14-17,22,26,41,48H,11,13,18-21H2,1-6H3,(H,43,45)(H,44,49)/t22-,26-/m0/s1. The third-order valence-corrected chi connectivity index (χ3v) is 8.79. The number of ether oxygens (including phenoxy) is 2. The lowest BCUT2D eigenvalue weighted by Crippen LogP contribution is -2.43. The Hall–Kier alpha value is -4.85. The molecule has 5 rings (SSSR count). The van der Waals surface area contributed by atoms with Crippen molar-refractivity contribution in [2.75, 3.05) is 25.5 Å². The summed E-state index contributed by atoms with van der Waals surface area (Å²) in [4.78, 5) is 40.3. The van der Waals surface area contributed by atoms with Crippen molar-refractivity contribution in [3.63, 3.8) is 0 Å². The predicted octanol–water partition coefficient (Wildman–Crippen LogP) is 6.54. The van der Waals surface area contributed by atoms with Crippen molar-refractivity contribution >= 4 is 35.1 Å². The summed E-state index contributed by atoms with van der Waals surface area (Å²) < 4.78 is 26.8. The minimum absolute atomic E-state index is 0.0426. The fourth-order valence-electron chi connectivity index (χ4n) is 5.84. The normalized spacial score (nSPS) is 14.9. The van der Waals surface area contributed by atoms with E-state index in [9.17, 15) is 14.7 Å². The average molecular weight is 734 g/mol. The molecule has 276 valence electrons. The fourth-order valence-corrected chi connectivity index (χ4v) is 6.15. The largest absolute Gasteiger partial charge is 0.481 e. The molecular formula is C38H45ClFN7O5. The molecule has 4 heterocycles. The number of methoxy groups -OCH3 is 1. The van der Waals surface area contributed by atoms with E-state index in [4.69, 9.17) is 26.1 Å². The third-order valence-electron chi connectivity index (χ3n) is 8.40. The van der Waals surface area contributed by atoms with Gasteiger partial charge in [-0.15, -0.1) is 0 Å². The Morgan fingerprint density at radius 1 is 1.13 bits per heavy atom. The van der Waals surface area contributed by atoms with E-state index in [1.807, 2.05) is 31.2 Å². The van der Waals surface area contributed by atoms with Crippen molar-refractivity contribution in [1.82, 2.24) is 30.5 Å². The highest BCUT2D eigenvalue weighted by Gasteiger charge is 2.29. The molecule has 52 heavy (non-hydrogen) atoms. The number of anilines is 2. The number of halogens is 2. The van der Waals surface area contributed by atoms with E-state index in [0.29, 0.717) is 64.1 Å². The minimum Gasteiger partial charge on any atom is -0.481 e. The first kappa shape index (κ1) is 38.4. The highest BCUT2D eigenvalue weighted by molar-refractivity contribution is 6.35. The van der Waals surface area contributed by atoms with Gasteiger partial charge in [-0.3, -0.25) is 9.78 Å². The Kier molecular flexibility index (Phi) is 12.3. The highest BCUT2D eigenvalue weighted by Crippen LogP contribution is 2.38. The summed E-state index contributed by atoms with van der Waals surface area (Å²) in [5.74, 6) is -0.166. The van der Waals surface area contributed by atoms with Gasteiger partial charge in [0.1, 0.15) is 5.60 Å². The molecule has 0 bridgehead atoms. The van der Waals surface area contributed by atoms with Crippen LogP contribution in [0.3, 0.4) is 0 Å². The number of benzene rings is 1. The molecule has 3 aromatic heterocycles. The van der Waals surface area contributed by atoms with Crippen LogP contribution in [0.1, 0.15) is 57.2 Å². The lowest BCUT2D eigenvalue weighted by molar-refractivity contribution is -0.119. The summed E-state index contributed by atoms with van der Waals surface area (Å²) in [6, 6.07) is 12.3. The van der Waals surface area contributed by atoms with Gasteiger partial charge >= 0.3 is 6.09 Å². The van der Waals surface area contributed by atoms with Crippen LogP contribution in [0.2, 0.25) is 5.02 Å². The number of carbonyl (C=O) groups is 2. The molecule has 1 saturated heterocycles. The van der Waals surface area contributed by atoms with Gasteiger partial charge in [-0.1, -0.05) is 23.7 Å². The van der Waals surface area contributed by atoms with Crippen molar-refractivity contribution in [2.45, 2.75) is 78.3 Å². The lowest BCUT2D eigenvalue weighted by atomic mass is 10.0. The first-order valence-electron chi connectivity index (χ1n) is 17.1. The summed E-state index contributed by atoms with van der Waals surface area (Å²) in [6.07, 6.45) is 3.15. The Labute approximate surface area is 308 Å². The van der Waals surface area contributed by atoms with E-state index in [1.165, 1.54) is 13.3 Å². The molecule has 4 N–H and O–H groups in total. The Morgan fingerprint density at radius 3 is 2.60 bits per heavy atom. The maximum absolute atomic E-state index is 15.4. The van der Waals surface area contributed by atoms with Crippen LogP contribution in [-0.2, 0) is 22.6 Å². The van der Waals surface area contributed by atoms with Crippen molar-refractivity contribution in [3.05, 3.63) is 82.4 Å². The lowest BCUT2D eigenvalue weighted by Gasteiger charge is -2.29. The van der Waals surface area contributed by atoms with Gasteiger partial charge in [-0.25, -0.2) is 19.2 Å². The van der Waals surface area contributed by atoms with Gasteiger partial charge < -0.3 is 35.4 Å². The summed E-state index contributed by atoms with van der Waals surface area (Å²) in [5, 5.41) is 18.9. The van der Waals surface area contributed by atoms with Gasteiger partial charge in [0.2, 0.25) is 11.8 Å². The van der Waals surface area contributed by atoms with Crippen molar-refractivity contribution < 1.29 is 28.6 Å². The smallest absolute Gasteiger partial charge is 0.410 e. The van der Waals surface area contributed by atoms with Gasteiger partial charge in [0.25, 0.3) is 0 Å². The number of hydrogen-bond acceptors (Lipinski definition) is 10. The van der Waals surface area contributed by atoms with E-state index in [1.54, 1.807) is 57.0 Å². The van der Waals surface area contributed by atoms with Crippen LogP contribution in [0.15, 0.2) is 54.9 Å². The molecule has 1 aromatic carbocycles. The van der Waals surface area contributed by atoms with Crippen molar-refractivity contribution in [2.24, 2.45) is 0 Å². The molecule has 0 aliphatic carbocycles. The zero-order chi connectivity index (χ0) is 37.6. The van der Waals surface area contributed by atoms with Gasteiger partial charge in [-0.2, -0.15) is 0 Å². The third kappa shape index (κ3) is 9.52. The first-order chi connectivity index (χ1) is 24.7. The van der Waals surface area contributed by atoms with Gasteiger partial charge in [0.05, 0.1) is 36.2 Å². The molecule has 0 saturated carbocycles. The second-order valence-electron chi connectivity index (χ2n) is 13.8. The summed E-state index contributed by atoms with van der Waals surface area (Å²) >= 11 is 7.04. The predicted molar refractivity (Wildman–Crippen MR) is 198 cm³/mol. The molecule has 2 amide bonds. The van der Waals surface area contributed by atoms with Crippen molar-refractivity contribution in [3.8, 4) is 28.4 Å². The monoisotopic (exact) mass is 733 g/mol. The summed E-state index contributed by atoms with van der Waals surface area (Å²) in [6.45, 7) is 9.93. The number of aromatic nitrogens is 3. The van der Waals surface area contributed by atoms with E-state index in [0.717, 1.165) is 11.1 Å². The molecule has 0 radical (unpaired) electrons. The Morgan fingerprint density at radius 2 is 1.90 bits per heavy atom. The first-order valence-corrected chi connectivity index (χ1v) is 17.5. The van der Waals surface area contributed by atoms with Crippen LogP contribution in [0.5, 0.6) is 5.88 Å². The Balaban J connectivity index is 1.40. The van der Waals surface area contributed by atoms with Crippen LogP contribution in [0.25, 0.3) is 22.5 Å². The number of nitrogens with one attached hydrogen (secondary N) is 3.